The van der Waals surface area contributed by atoms with Gasteiger partial charge in [-0.3, -0.25) is 9.63 Å². The third kappa shape index (κ3) is 3.30. The molecule has 1 unspecified atom stereocenters. The number of benzene rings is 1. The number of halogens is 2. The fraction of sp³-hybridized carbons (Fsp3) is 0.417. The van der Waals surface area contributed by atoms with Gasteiger partial charge in [-0.2, -0.15) is 5.06 Å². The van der Waals surface area contributed by atoms with Gasteiger partial charge in [0.25, 0.3) is 0 Å². The van der Waals surface area contributed by atoms with Gasteiger partial charge in [0, 0.05) is 11.6 Å². The molecule has 1 heterocycles. The van der Waals surface area contributed by atoms with Crippen LogP contribution in [-0.4, -0.2) is 30.2 Å². The summed E-state index contributed by atoms with van der Waals surface area (Å²) in [5, 5.41) is 5.09. The summed E-state index contributed by atoms with van der Waals surface area (Å²) < 4.78 is 0. The molecular weight excluding hydrogens is 289 g/mol. The van der Waals surface area contributed by atoms with Crippen molar-refractivity contribution in [2.75, 3.05) is 24.2 Å². The van der Waals surface area contributed by atoms with Gasteiger partial charge >= 0.3 is 0 Å². The molecule has 5 nitrogen and oxygen atoms in total. The van der Waals surface area contributed by atoms with Crippen LogP contribution >= 0.6 is 23.2 Å². The van der Waals surface area contributed by atoms with E-state index in [0.29, 0.717) is 28.0 Å². The van der Waals surface area contributed by atoms with Crippen LogP contribution in [0.1, 0.15) is 13.3 Å². The largest absolute Gasteiger partial charge is 0.397 e. The van der Waals surface area contributed by atoms with E-state index in [4.69, 9.17) is 33.8 Å². The number of hydroxylamine groups is 2. The van der Waals surface area contributed by atoms with Crippen LogP contribution in [-0.2, 0) is 9.63 Å². The van der Waals surface area contributed by atoms with Crippen molar-refractivity contribution >= 4 is 40.5 Å². The fourth-order valence-electron chi connectivity index (χ4n) is 1.86. The number of hydrogen-bond donors (Lipinski definition) is 2. The summed E-state index contributed by atoms with van der Waals surface area (Å²) >= 11 is 11.8. The highest BCUT2D eigenvalue weighted by Crippen LogP contribution is 2.32. The lowest BCUT2D eigenvalue weighted by Crippen LogP contribution is -2.39. The molecule has 1 fully saturated rings. The summed E-state index contributed by atoms with van der Waals surface area (Å²) in [4.78, 5) is 17.4. The Bertz CT molecular complexity index is 467. The van der Waals surface area contributed by atoms with E-state index in [1.807, 2.05) is 0 Å². The number of nitrogens with zero attached hydrogens (tertiary/aromatic N) is 1. The van der Waals surface area contributed by atoms with Crippen molar-refractivity contribution in [3.63, 3.8) is 0 Å². The Morgan fingerprint density at radius 3 is 2.84 bits per heavy atom. The number of anilines is 2. The first-order valence-electron chi connectivity index (χ1n) is 5.94. The second-order valence-electron chi connectivity index (χ2n) is 4.34. The van der Waals surface area contributed by atoms with Gasteiger partial charge in [0.2, 0.25) is 5.91 Å². The standard InChI is InChI=1S/C12H15Cl2N3O2/c1-7(17-3-2-4-19-17)12(18)16-11-9(14)5-8(13)6-10(11)15/h5-7H,2-4,15H2,1H3,(H,16,18). The van der Waals surface area contributed by atoms with Crippen LogP contribution < -0.4 is 11.1 Å². The molecule has 1 aromatic carbocycles. The number of nitrogen functional groups attached to an aromatic ring is 1. The minimum atomic E-state index is -0.409. The van der Waals surface area contributed by atoms with Crippen molar-refractivity contribution in [2.45, 2.75) is 19.4 Å². The smallest absolute Gasteiger partial charge is 0.243 e. The van der Waals surface area contributed by atoms with Gasteiger partial charge in [0.15, 0.2) is 0 Å². The van der Waals surface area contributed by atoms with Crippen LogP contribution in [0.4, 0.5) is 11.4 Å². The minimum absolute atomic E-state index is 0.224. The first kappa shape index (κ1) is 14.4. The Morgan fingerprint density at radius 2 is 2.26 bits per heavy atom. The zero-order valence-electron chi connectivity index (χ0n) is 10.5. The second kappa shape index (κ2) is 5.96. The summed E-state index contributed by atoms with van der Waals surface area (Å²) in [6.45, 7) is 3.14. The molecule has 0 bridgehead atoms. The van der Waals surface area contributed by atoms with Crippen molar-refractivity contribution in [1.82, 2.24) is 5.06 Å². The van der Waals surface area contributed by atoms with Crippen LogP contribution in [0.15, 0.2) is 12.1 Å². The molecule has 0 aliphatic carbocycles. The molecule has 0 saturated carbocycles. The van der Waals surface area contributed by atoms with E-state index in [2.05, 4.69) is 5.32 Å². The third-order valence-corrected chi connectivity index (χ3v) is 3.44. The van der Waals surface area contributed by atoms with Gasteiger partial charge in [-0.05, 0) is 25.5 Å². The van der Waals surface area contributed by atoms with E-state index in [-0.39, 0.29) is 5.91 Å². The van der Waals surface area contributed by atoms with Gasteiger partial charge in [-0.1, -0.05) is 23.2 Å². The Labute approximate surface area is 121 Å². The van der Waals surface area contributed by atoms with Gasteiger partial charge in [-0.15, -0.1) is 0 Å². The van der Waals surface area contributed by atoms with Crippen LogP contribution in [0, 0.1) is 0 Å². The number of amides is 1. The molecular formula is C12H15Cl2N3O2. The lowest BCUT2D eigenvalue weighted by Gasteiger charge is -2.22. The minimum Gasteiger partial charge on any atom is -0.397 e. The molecule has 0 aromatic heterocycles. The highest BCUT2D eigenvalue weighted by atomic mass is 35.5. The van der Waals surface area contributed by atoms with Crippen molar-refractivity contribution in [3.05, 3.63) is 22.2 Å². The first-order valence-corrected chi connectivity index (χ1v) is 6.69. The van der Waals surface area contributed by atoms with E-state index < -0.39 is 6.04 Å². The summed E-state index contributed by atoms with van der Waals surface area (Å²) in [5.74, 6) is -0.224. The van der Waals surface area contributed by atoms with Crippen molar-refractivity contribution in [1.29, 1.82) is 0 Å². The molecule has 0 spiro atoms. The quantitative estimate of drug-likeness (QED) is 0.842. The normalized spacial score (nSPS) is 17.4. The van der Waals surface area contributed by atoms with E-state index in [1.165, 1.54) is 6.07 Å². The molecule has 1 aromatic rings. The summed E-state index contributed by atoms with van der Waals surface area (Å²) in [6, 6.07) is 2.67. The van der Waals surface area contributed by atoms with Gasteiger partial charge in [0.1, 0.15) is 6.04 Å². The molecule has 7 heteroatoms. The van der Waals surface area contributed by atoms with E-state index in [1.54, 1.807) is 18.1 Å². The topological polar surface area (TPSA) is 67.6 Å². The molecule has 1 saturated heterocycles. The summed E-state index contributed by atoms with van der Waals surface area (Å²) in [5.41, 5.74) is 6.51. The highest BCUT2D eigenvalue weighted by molar-refractivity contribution is 6.37. The predicted octanol–water partition coefficient (Wildman–Crippen LogP) is 2.54. The van der Waals surface area contributed by atoms with Crippen LogP contribution in [0.2, 0.25) is 10.0 Å². The highest BCUT2D eigenvalue weighted by Gasteiger charge is 2.26. The molecule has 1 aliphatic heterocycles. The second-order valence-corrected chi connectivity index (χ2v) is 5.19. The molecule has 2 rings (SSSR count). The fourth-order valence-corrected chi connectivity index (χ4v) is 2.41. The molecule has 1 atom stereocenters. The van der Waals surface area contributed by atoms with Crippen molar-refractivity contribution < 1.29 is 9.63 Å². The van der Waals surface area contributed by atoms with Gasteiger partial charge in [-0.25, -0.2) is 0 Å². The number of hydrogen-bond acceptors (Lipinski definition) is 4. The maximum absolute atomic E-state index is 12.1. The van der Waals surface area contributed by atoms with Crippen LogP contribution in [0.5, 0.6) is 0 Å². The molecule has 104 valence electrons. The number of carbonyl (C=O) groups is 1. The maximum Gasteiger partial charge on any atom is 0.243 e. The molecule has 1 aliphatic rings. The monoisotopic (exact) mass is 303 g/mol. The summed E-state index contributed by atoms with van der Waals surface area (Å²) in [7, 11) is 0. The molecule has 1 amide bonds. The van der Waals surface area contributed by atoms with Crippen molar-refractivity contribution in [3.8, 4) is 0 Å². The average Bonchev–Trinajstić information content (AvgIpc) is 2.86. The van der Waals surface area contributed by atoms with E-state index in [9.17, 15) is 4.79 Å². The van der Waals surface area contributed by atoms with Crippen LogP contribution in [0.25, 0.3) is 0 Å². The van der Waals surface area contributed by atoms with Gasteiger partial charge in [0.05, 0.1) is 23.0 Å². The maximum atomic E-state index is 12.1. The predicted molar refractivity (Wildman–Crippen MR) is 76.2 cm³/mol. The number of nitrogens with two attached hydrogens (primary N) is 1. The Hall–Kier alpha value is -1.01. The third-order valence-electron chi connectivity index (χ3n) is 2.93. The van der Waals surface area contributed by atoms with Crippen LogP contribution in [0.3, 0.4) is 0 Å². The Morgan fingerprint density at radius 1 is 1.53 bits per heavy atom. The number of rotatable bonds is 3. The van der Waals surface area contributed by atoms with E-state index >= 15 is 0 Å². The van der Waals surface area contributed by atoms with Gasteiger partial charge < -0.3 is 11.1 Å². The zero-order chi connectivity index (χ0) is 14.0. The number of nitrogens with one attached hydrogen (secondary N) is 1. The SMILES string of the molecule is CC(C(=O)Nc1c(N)cc(Cl)cc1Cl)N1CCCO1. The zero-order valence-corrected chi connectivity index (χ0v) is 12.0. The molecule has 0 radical (unpaired) electrons. The Balaban J connectivity index is 2.10. The number of carbonyl (C=O) groups excluding carboxylic acids is 1. The first-order chi connectivity index (χ1) is 8.99. The Kier molecular flexibility index (Phi) is 4.52. The summed E-state index contributed by atoms with van der Waals surface area (Å²) in [6.07, 6.45) is 0.918. The van der Waals surface area contributed by atoms with Crippen molar-refractivity contribution in [2.24, 2.45) is 0 Å². The lowest BCUT2D eigenvalue weighted by molar-refractivity contribution is -0.154. The van der Waals surface area contributed by atoms with E-state index in [0.717, 1.165) is 13.0 Å². The lowest BCUT2D eigenvalue weighted by atomic mass is 10.2. The average molecular weight is 304 g/mol. The molecule has 3 N–H and O–H groups in total. The molecule has 19 heavy (non-hydrogen) atoms.